The van der Waals surface area contributed by atoms with Crippen LogP contribution in [0.1, 0.15) is 71.6 Å². The van der Waals surface area contributed by atoms with Gasteiger partial charge < -0.3 is 0 Å². The number of hydrogen-bond donors (Lipinski definition) is 2. The number of benzene rings is 1. The number of nitrogens with one attached hydrogen (secondary N) is 2. The van der Waals surface area contributed by atoms with E-state index < -0.39 is 0 Å². The number of amides is 1. The van der Waals surface area contributed by atoms with Gasteiger partial charge >= 0.3 is 0 Å². The van der Waals surface area contributed by atoms with Crippen molar-refractivity contribution in [3.63, 3.8) is 0 Å². The van der Waals surface area contributed by atoms with Crippen LogP contribution >= 0.6 is 0 Å². The highest BCUT2D eigenvalue weighted by Gasteiger charge is 2.58. The molecule has 0 radical (unpaired) electrons. The fourth-order valence-electron chi connectivity index (χ4n) is 7.93. The Morgan fingerprint density at radius 1 is 0.966 bits per heavy atom. The number of hydrogen-bond acceptors (Lipinski definition) is 2. The molecule has 4 aliphatic carbocycles. The predicted molar refractivity (Wildman–Crippen MR) is 118 cm³/mol. The van der Waals surface area contributed by atoms with E-state index in [9.17, 15) is 4.79 Å². The first-order valence-electron chi connectivity index (χ1n) is 11.8. The Kier molecular flexibility index (Phi) is 4.75. The molecule has 2 N–H and O–H groups in total. The molecule has 6 atom stereocenters. The zero-order valence-electron chi connectivity index (χ0n) is 18.0. The summed E-state index contributed by atoms with van der Waals surface area (Å²) >= 11 is 0. The van der Waals surface area contributed by atoms with Gasteiger partial charge in [-0.3, -0.25) is 15.6 Å². The molecule has 0 bridgehead atoms. The molecular weight excluding hydrogens is 356 g/mol. The van der Waals surface area contributed by atoms with Crippen molar-refractivity contribution in [1.29, 1.82) is 0 Å². The van der Waals surface area contributed by atoms with Gasteiger partial charge in [-0.05, 0) is 86.2 Å². The quantitative estimate of drug-likeness (QED) is 0.610. The van der Waals surface area contributed by atoms with Crippen LogP contribution in [-0.2, 0) is 4.79 Å². The Morgan fingerprint density at radius 3 is 2.62 bits per heavy atom. The van der Waals surface area contributed by atoms with Crippen molar-refractivity contribution in [2.75, 3.05) is 5.43 Å². The monoisotopic (exact) mass is 392 g/mol. The van der Waals surface area contributed by atoms with E-state index in [4.69, 9.17) is 0 Å². The summed E-state index contributed by atoms with van der Waals surface area (Å²) in [5, 5.41) is 0. The SMILES string of the molecule is C[C@]12CCCCC1CC[C@@H]1[C@@H]2CC[C@]2(C)C(C(=O)NNc3ccccc3)=CC[C@@H]12. The number of hydrazine groups is 1. The van der Waals surface area contributed by atoms with Crippen molar-refractivity contribution in [2.45, 2.75) is 71.6 Å². The predicted octanol–water partition coefficient (Wildman–Crippen LogP) is 6.10. The molecular formula is C26H36N2O. The molecule has 4 aliphatic rings. The first-order chi connectivity index (χ1) is 14.0. The van der Waals surface area contributed by atoms with Crippen LogP contribution in [0.4, 0.5) is 5.69 Å². The summed E-state index contributed by atoms with van der Waals surface area (Å²) in [5.74, 6) is 3.34. The minimum atomic E-state index is 0.0431. The number of allylic oxidation sites excluding steroid dienone is 1. The standard InChI is InChI=1S/C26H36N2O/c1-25-16-7-6-8-18(25)11-12-20-21-13-14-23(26(21,2)17-15-22(20)25)24(29)28-27-19-9-4-3-5-10-19/h3-5,9-10,14,18,20-22,27H,6-8,11-13,15-17H2,1-2H3,(H,28,29)/t18?,20-,21-,22-,25-,26-/m0/s1. The molecule has 156 valence electrons. The number of fused-ring (bicyclic) bond motifs is 5. The van der Waals surface area contributed by atoms with Crippen molar-refractivity contribution >= 4 is 11.6 Å². The maximum atomic E-state index is 13.1. The van der Waals surface area contributed by atoms with E-state index in [0.29, 0.717) is 11.3 Å². The van der Waals surface area contributed by atoms with Crippen LogP contribution in [0.15, 0.2) is 42.0 Å². The zero-order valence-corrected chi connectivity index (χ0v) is 18.0. The molecule has 0 heterocycles. The third-order valence-corrected chi connectivity index (χ3v) is 9.50. The van der Waals surface area contributed by atoms with Gasteiger partial charge in [-0.2, -0.15) is 0 Å². The van der Waals surface area contributed by atoms with Crippen LogP contribution in [0, 0.1) is 34.5 Å². The number of carbonyl (C=O) groups is 1. The van der Waals surface area contributed by atoms with Crippen LogP contribution < -0.4 is 10.9 Å². The average molecular weight is 393 g/mol. The van der Waals surface area contributed by atoms with E-state index in [2.05, 4.69) is 30.8 Å². The van der Waals surface area contributed by atoms with Crippen molar-refractivity contribution in [3.05, 3.63) is 42.0 Å². The molecule has 0 saturated heterocycles. The summed E-state index contributed by atoms with van der Waals surface area (Å²) in [6.45, 7) is 5.00. The third-order valence-electron chi connectivity index (χ3n) is 9.50. The highest BCUT2D eigenvalue weighted by Crippen LogP contribution is 2.66. The van der Waals surface area contributed by atoms with E-state index in [0.717, 1.165) is 35.4 Å². The second-order valence-corrected chi connectivity index (χ2v) is 10.7. The van der Waals surface area contributed by atoms with Gasteiger partial charge in [-0.1, -0.05) is 51.0 Å². The molecule has 1 unspecified atom stereocenters. The molecule has 3 nitrogen and oxygen atoms in total. The Bertz CT molecular complexity index is 802. The highest BCUT2D eigenvalue weighted by atomic mass is 16.2. The number of anilines is 1. The molecule has 1 aromatic rings. The smallest absolute Gasteiger partial charge is 0.265 e. The van der Waals surface area contributed by atoms with Crippen molar-refractivity contribution in [2.24, 2.45) is 34.5 Å². The summed E-state index contributed by atoms with van der Waals surface area (Å²) in [5.41, 5.74) is 8.61. The summed E-state index contributed by atoms with van der Waals surface area (Å²) in [7, 11) is 0. The van der Waals surface area contributed by atoms with E-state index >= 15 is 0 Å². The van der Waals surface area contributed by atoms with Gasteiger partial charge in [0.2, 0.25) is 0 Å². The fraction of sp³-hybridized carbons (Fsp3) is 0.654. The van der Waals surface area contributed by atoms with Crippen LogP contribution in [0.2, 0.25) is 0 Å². The van der Waals surface area contributed by atoms with Crippen LogP contribution in [0.5, 0.6) is 0 Å². The lowest BCUT2D eigenvalue weighted by Crippen LogP contribution is -2.53. The maximum absolute atomic E-state index is 13.1. The Morgan fingerprint density at radius 2 is 1.79 bits per heavy atom. The molecule has 3 heteroatoms. The second kappa shape index (κ2) is 7.18. The molecule has 0 aliphatic heterocycles. The summed E-state index contributed by atoms with van der Waals surface area (Å²) in [4.78, 5) is 13.1. The lowest BCUT2D eigenvalue weighted by atomic mass is 9.45. The van der Waals surface area contributed by atoms with Gasteiger partial charge in [0.1, 0.15) is 0 Å². The van der Waals surface area contributed by atoms with Gasteiger partial charge in [0.15, 0.2) is 0 Å². The lowest BCUT2D eigenvalue weighted by molar-refractivity contribution is -0.122. The second-order valence-electron chi connectivity index (χ2n) is 10.7. The first-order valence-corrected chi connectivity index (χ1v) is 11.8. The summed E-state index contributed by atoms with van der Waals surface area (Å²) in [6.07, 6.45) is 14.4. The third kappa shape index (κ3) is 3.04. The Balaban J connectivity index is 1.31. The highest BCUT2D eigenvalue weighted by molar-refractivity contribution is 5.96. The molecule has 0 aromatic heterocycles. The van der Waals surface area contributed by atoms with Crippen molar-refractivity contribution in [1.82, 2.24) is 5.43 Å². The van der Waals surface area contributed by atoms with Gasteiger partial charge in [-0.15, -0.1) is 0 Å². The summed E-state index contributed by atoms with van der Waals surface area (Å²) in [6, 6.07) is 9.89. The van der Waals surface area contributed by atoms with Crippen molar-refractivity contribution < 1.29 is 4.79 Å². The first kappa shape index (κ1) is 19.2. The Hall–Kier alpha value is -1.77. The minimum Gasteiger partial charge on any atom is -0.298 e. The topological polar surface area (TPSA) is 41.1 Å². The van der Waals surface area contributed by atoms with Crippen LogP contribution in [0.25, 0.3) is 0 Å². The van der Waals surface area contributed by atoms with Crippen LogP contribution in [0.3, 0.4) is 0 Å². The van der Waals surface area contributed by atoms with E-state index in [1.165, 1.54) is 51.4 Å². The minimum absolute atomic E-state index is 0.0431. The summed E-state index contributed by atoms with van der Waals surface area (Å²) < 4.78 is 0. The average Bonchev–Trinajstić information content (AvgIpc) is 3.09. The number of para-hydroxylation sites is 1. The van der Waals surface area contributed by atoms with Crippen molar-refractivity contribution in [3.8, 4) is 0 Å². The van der Waals surface area contributed by atoms with E-state index in [-0.39, 0.29) is 11.3 Å². The molecule has 5 rings (SSSR count). The molecule has 1 amide bonds. The number of carbonyl (C=O) groups excluding carboxylic acids is 1. The van der Waals surface area contributed by atoms with Crippen LogP contribution in [-0.4, -0.2) is 5.91 Å². The lowest BCUT2D eigenvalue weighted by Gasteiger charge is -2.60. The van der Waals surface area contributed by atoms with Gasteiger partial charge in [-0.25, -0.2) is 0 Å². The van der Waals surface area contributed by atoms with E-state index in [1.54, 1.807) is 0 Å². The molecule has 3 saturated carbocycles. The van der Waals surface area contributed by atoms with Gasteiger partial charge in [0.05, 0.1) is 5.69 Å². The fourth-order valence-corrected chi connectivity index (χ4v) is 7.93. The van der Waals surface area contributed by atoms with E-state index in [1.807, 2.05) is 30.3 Å². The Labute approximate surface area is 175 Å². The molecule has 3 fully saturated rings. The number of rotatable bonds is 3. The molecule has 1 aromatic carbocycles. The largest absolute Gasteiger partial charge is 0.298 e. The zero-order chi connectivity index (χ0) is 20.1. The van der Waals surface area contributed by atoms with Gasteiger partial charge in [0.25, 0.3) is 5.91 Å². The molecule has 29 heavy (non-hydrogen) atoms. The maximum Gasteiger partial charge on any atom is 0.265 e. The molecule has 0 spiro atoms. The van der Waals surface area contributed by atoms with Gasteiger partial charge in [0, 0.05) is 11.0 Å². The normalized spacial score (nSPS) is 40.8.